The topological polar surface area (TPSA) is 66.5 Å². The number of carbonyl (C=O) groups excluding carboxylic acids is 1. The van der Waals surface area contributed by atoms with E-state index in [9.17, 15) is 13.2 Å². The third kappa shape index (κ3) is 3.99. The summed E-state index contributed by atoms with van der Waals surface area (Å²) in [6.45, 7) is 0.399. The fourth-order valence-electron chi connectivity index (χ4n) is 3.42. The highest BCUT2D eigenvalue weighted by Gasteiger charge is 2.29. The Morgan fingerprint density at radius 2 is 1.76 bits per heavy atom. The number of nitrogens with zero attached hydrogens (tertiary/aromatic N) is 1. The molecule has 148 valence electrons. The maximum absolute atomic E-state index is 13.2. The predicted octanol–water partition coefficient (Wildman–Crippen LogP) is 4.73. The molecule has 0 bridgehead atoms. The van der Waals surface area contributed by atoms with Gasteiger partial charge in [0.1, 0.15) is 0 Å². The summed E-state index contributed by atoms with van der Waals surface area (Å²) in [5, 5.41) is 3.30. The zero-order valence-electron chi connectivity index (χ0n) is 15.5. The number of sulfonamides is 1. The van der Waals surface area contributed by atoms with E-state index < -0.39 is 10.0 Å². The van der Waals surface area contributed by atoms with E-state index in [0.29, 0.717) is 28.5 Å². The molecular formula is C22H19ClN2O3S. The number of hydrogen-bond acceptors (Lipinski definition) is 3. The van der Waals surface area contributed by atoms with Crippen molar-refractivity contribution < 1.29 is 13.2 Å². The normalized spacial score (nSPS) is 13.6. The standard InChI is InChI=1S/C22H19ClN2O3S/c23-18-8-4-6-17(14-18)22(26)24-19-12-11-16-7-5-13-25(21(16)15-19)29(27,28)20-9-2-1-3-10-20/h1-4,6,8-12,14-15H,5,7,13H2,(H,24,26). The minimum absolute atomic E-state index is 0.251. The first-order chi connectivity index (χ1) is 13.9. The van der Waals surface area contributed by atoms with E-state index in [4.69, 9.17) is 11.6 Å². The Hall–Kier alpha value is -2.83. The number of hydrogen-bond donors (Lipinski definition) is 1. The zero-order valence-corrected chi connectivity index (χ0v) is 17.1. The fraction of sp³-hybridized carbons (Fsp3) is 0.136. The number of carbonyl (C=O) groups is 1. The monoisotopic (exact) mass is 426 g/mol. The van der Waals surface area contributed by atoms with Gasteiger partial charge in [0.05, 0.1) is 10.6 Å². The Balaban J connectivity index is 1.66. The van der Waals surface area contributed by atoms with Crippen molar-refractivity contribution in [2.45, 2.75) is 17.7 Å². The minimum Gasteiger partial charge on any atom is -0.322 e. The lowest BCUT2D eigenvalue weighted by molar-refractivity contribution is 0.102. The molecule has 1 aliphatic rings. The Morgan fingerprint density at radius 1 is 0.966 bits per heavy atom. The third-order valence-electron chi connectivity index (χ3n) is 4.84. The molecule has 1 N–H and O–H groups in total. The van der Waals surface area contributed by atoms with Gasteiger partial charge in [-0.3, -0.25) is 9.10 Å². The summed E-state index contributed by atoms with van der Waals surface area (Å²) >= 11 is 5.96. The molecule has 3 aromatic rings. The zero-order chi connectivity index (χ0) is 20.4. The average molecular weight is 427 g/mol. The summed E-state index contributed by atoms with van der Waals surface area (Å²) in [7, 11) is -3.68. The van der Waals surface area contributed by atoms with Crippen molar-refractivity contribution in [1.29, 1.82) is 0 Å². The van der Waals surface area contributed by atoms with Crippen LogP contribution in [-0.2, 0) is 16.4 Å². The van der Waals surface area contributed by atoms with E-state index in [1.807, 2.05) is 6.07 Å². The average Bonchev–Trinajstić information content (AvgIpc) is 2.74. The summed E-state index contributed by atoms with van der Waals surface area (Å²) in [5.74, 6) is -0.305. The molecule has 1 amide bonds. The van der Waals surface area contributed by atoms with Crippen molar-refractivity contribution in [3.05, 3.63) is 88.9 Å². The van der Waals surface area contributed by atoms with Crippen LogP contribution in [0.3, 0.4) is 0 Å². The maximum Gasteiger partial charge on any atom is 0.264 e. The molecule has 0 unspecified atom stereocenters. The van der Waals surface area contributed by atoms with Crippen LogP contribution in [0.25, 0.3) is 0 Å². The molecule has 7 heteroatoms. The summed E-state index contributed by atoms with van der Waals surface area (Å²) in [4.78, 5) is 12.8. The van der Waals surface area contributed by atoms with Gasteiger partial charge in [-0.25, -0.2) is 8.42 Å². The van der Waals surface area contributed by atoms with Gasteiger partial charge in [-0.2, -0.15) is 0 Å². The highest BCUT2D eigenvalue weighted by atomic mass is 35.5. The first-order valence-corrected chi connectivity index (χ1v) is 11.0. The van der Waals surface area contributed by atoms with E-state index in [1.165, 1.54) is 4.31 Å². The Kier molecular flexibility index (Phi) is 5.30. The van der Waals surface area contributed by atoms with Crippen LogP contribution in [0.4, 0.5) is 11.4 Å². The molecule has 5 nitrogen and oxygen atoms in total. The van der Waals surface area contributed by atoms with Crippen LogP contribution >= 0.6 is 11.6 Å². The van der Waals surface area contributed by atoms with Crippen molar-refractivity contribution in [3.8, 4) is 0 Å². The van der Waals surface area contributed by atoms with Gasteiger partial charge in [-0.15, -0.1) is 0 Å². The SMILES string of the molecule is O=C(Nc1ccc2c(c1)N(S(=O)(=O)c1ccccc1)CCC2)c1cccc(Cl)c1. The van der Waals surface area contributed by atoms with Gasteiger partial charge in [0, 0.05) is 22.8 Å². The number of halogens is 1. The van der Waals surface area contributed by atoms with Gasteiger partial charge in [0.25, 0.3) is 15.9 Å². The number of amides is 1. The summed E-state index contributed by atoms with van der Waals surface area (Å²) in [6.07, 6.45) is 1.53. The quantitative estimate of drug-likeness (QED) is 0.655. The number of aryl methyl sites for hydroxylation is 1. The highest BCUT2D eigenvalue weighted by molar-refractivity contribution is 7.92. The molecule has 0 radical (unpaired) electrons. The number of benzene rings is 3. The number of anilines is 2. The van der Waals surface area contributed by atoms with Crippen molar-refractivity contribution in [1.82, 2.24) is 0 Å². The fourth-order valence-corrected chi connectivity index (χ4v) is 5.17. The lowest BCUT2D eigenvalue weighted by Crippen LogP contribution is -2.35. The molecule has 0 aliphatic carbocycles. The maximum atomic E-state index is 13.2. The molecule has 0 saturated heterocycles. The van der Waals surface area contributed by atoms with E-state index >= 15 is 0 Å². The van der Waals surface area contributed by atoms with Crippen molar-refractivity contribution in [3.63, 3.8) is 0 Å². The molecular weight excluding hydrogens is 408 g/mol. The van der Waals surface area contributed by atoms with E-state index in [2.05, 4.69) is 5.32 Å². The second-order valence-electron chi connectivity index (χ2n) is 6.80. The first-order valence-electron chi connectivity index (χ1n) is 9.23. The van der Waals surface area contributed by atoms with Crippen LogP contribution in [0.2, 0.25) is 5.02 Å². The largest absolute Gasteiger partial charge is 0.322 e. The molecule has 0 spiro atoms. The molecule has 1 aliphatic heterocycles. The van der Waals surface area contributed by atoms with Gasteiger partial charge in [-0.1, -0.05) is 41.9 Å². The highest BCUT2D eigenvalue weighted by Crippen LogP contribution is 2.34. The molecule has 3 aromatic carbocycles. The van der Waals surface area contributed by atoms with Crippen LogP contribution in [0.5, 0.6) is 0 Å². The Bertz CT molecular complexity index is 1160. The van der Waals surface area contributed by atoms with E-state index in [0.717, 1.165) is 18.4 Å². The summed E-state index contributed by atoms with van der Waals surface area (Å²) < 4.78 is 27.8. The molecule has 1 heterocycles. The van der Waals surface area contributed by atoms with Crippen LogP contribution in [-0.4, -0.2) is 20.9 Å². The predicted molar refractivity (Wildman–Crippen MR) is 115 cm³/mol. The van der Waals surface area contributed by atoms with Crippen LogP contribution in [0.15, 0.2) is 77.7 Å². The molecule has 4 rings (SSSR count). The number of fused-ring (bicyclic) bond motifs is 1. The lowest BCUT2D eigenvalue weighted by atomic mass is 10.0. The van der Waals surface area contributed by atoms with Crippen molar-refractivity contribution >= 4 is 38.9 Å². The molecule has 29 heavy (non-hydrogen) atoms. The lowest BCUT2D eigenvalue weighted by Gasteiger charge is -2.31. The van der Waals surface area contributed by atoms with Gasteiger partial charge in [0.15, 0.2) is 0 Å². The molecule has 0 aromatic heterocycles. The van der Waals surface area contributed by atoms with Crippen LogP contribution < -0.4 is 9.62 Å². The van der Waals surface area contributed by atoms with Gasteiger partial charge < -0.3 is 5.32 Å². The third-order valence-corrected chi connectivity index (χ3v) is 6.90. The number of nitrogens with one attached hydrogen (secondary N) is 1. The van der Waals surface area contributed by atoms with Gasteiger partial charge in [0.2, 0.25) is 0 Å². The first kappa shape index (κ1) is 19.5. The summed E-state index contributed by atoms with van der Waals surface area (Å²) in [6, 6.07) is 20.4. The van der Waals surface area contributed by atoms with Gasteiger partial charge >= 0.3 is 0 Å². The van der Waals surface area contributed by atoms with Crippen LogP contribution in [0, 0.1) is 0 Å². The smallest absolute Gasteiger partial charge is 0.264 e. The Labute approximate surface area is 175 Å². The van der Waals surface area contributed by atoms with E-state index in [-0.39, 0.29) is 10.8 Å². The van der Waals surface area contributed by atoms with E-state index in [1.54, 1.807) is 66.7 Å². The summed E-state index contributed by atoms with van der Waals surface area (Å²) in [5.41, 5.74) is 2.51. The second-order valence-corrected chi connectivity index (χ2v) is 9.10. The second kappa shape index (κ2) is 7.89. The number of rotatable bonds is 4. The molecule has 0 fully saturated rings. The Morgan fingerprint density at radius 3 is 2.52 bits per heavy atom. The minimum atomic E-state index is -3.68. The molecule has 0 saturated carbocycles. The molecule has 0 atom stereocenters. The van der Waals surface area contributed by atoms with Crippen molar-refractivity contribution in [2.24, 2.45) is 0 Å². The van der Waals surface area contributed by atoms with Crippen molar-refractivity contribution in [2.75, 3.05) is 16.2 Å². The van der Waals surface area contributed by atoms with Crippen LogP contribution in [0.1, 0.15) is 22.3 Å². The van der Waals surface area contributed by atoms with Gasteiger partial charge in [-0.05, 0) is 60.9 Å².